The molecule has 2 atom stereocenters. The molecule has 0 radical (unpaired) electrons. The quantitative estimate of drug-likeness (QED) is 0.700. The van der Waals surface area contributed by atoms with Crippen molar-refractivity contribution in [3.05, 3.63) is 41.5 Å². The molecule has 0 spiro atoms. The molecule has 0 fully saturated rings. The largest absolute Gasteiger partial charge is 0.493 e. The van der Waals surface area contributed by atoms with E-state index in [4.69, 9.17) is 14.2 Å². The molecule has 0 unspecified atom stereocenters. The fraction of sp³-hybridized carbons (Fsp3) is 0.476. The van der Waals surface area contributed by atoms with E-state index in [0.717, 1.165) is 17.0 Å². The Morgan fingerprint density at radius 3 is 2.63 bits per heavy atom. The Kier molecular flexibility index (Phi) is 6.49. The highest BCUT2D eigenvalue weighted by Gasteiger charge is 2.38. The number of methoxy groups -OCH3 is 3. The zero-order valence-electron chi connectivity index (χ0n) is 17.9. The van der Waals surface area contributed by atoms with Crippen LogP contribution in [0.3, 0.4) is 0 Å². The van der Waals surface area contributed by atoms with Crippen molar-refractivity contribution in [2.24, 2.45) is 5.92 Å². The first kappa shape index (κ1) is 21.5. The van der Waals surface area contributed by atoms with Crippen LogP contribution in [0.15, 0.2) is 24.5 Å². The number of hydrogen-bond donors (Lipinski definition) is 2. The molecule has 30 heavy (non-hydrogen) atoms. The van der Waals surface area contributed by atoms with Gasteiger partial charge in [-0.15, -0.1) is 0 Å². The highest BCUT2D eigenvalue weighted by Crippen LogP contribution is 2.42. The van der Waals surface area contributed by atoms with Crippen LogP contribution in [0, 0.1) is 5.92 Å². The monoisotopic (exact) mass is 416 g/mol. The van der Waals surface area contributed by atoms with Crippen LogP contribution in [0.4, 0.5) is 4.79 Å². The number of aromatic nitrogens is 2. The summed E-state index contributed by atoms with van der Waals surface area (Å²) in [6.45, 7) is 4.15. The van der Waals surface area contributed by atoms with Crippen LogP contribution >= 0.6 is 0 Å². The number of carbonyl (C=O) groups excluding carboxylic acids is 2. The van der Waals surface area contributed by atoms with Gasteiger partial charge in [0.1, 0.15) is 12.1 Å². The van der Waals surface area contributed by atoms with E-state index in [0.29, 0.717) is 24.5 Å². The molecule has 1 aromatic carbocycles. The average Bonchev–Trinajstić information content (AvgIpc) is 3.24. The van der Waals surface area contributed by atoms with Gasteiger partial charge in [0.2, 0.25) is 0 Å². The third kappa shape index (κ3) is 3.92. The number of benzene rings is 1. The van der Waals surface area contributed by atoms with Crippen LogP contribution < -0.4 is 14.8 Å². The maximum atomic E-state index is 13.3. The van der Waals surface area contributed by atoms with Crippen LogP contribution in [0.5, 0.6) is 11.5 Å². The summed E-state index contributed by atoms with van der Waals surface area (Å²) in [5.74, 6) is 0.489. The van der Waals surface area contributed by atoms with Crippen molar-refractivity contribution in [2.75, 3.05) is 27.9 Å². The Morgan fingerprint density at radius 2 is 2.00 bits per heavy atom. The number of urea groups is 1. The van der Waals surface area contributed by atoms with E-state index in [2.05, 4.69) is 15.3 Å². The minimum absolute atomic E-state index is 0.128. The fourth-order valence-electron chi connectivity index (χ4n) is 3.78. The molecule has 0 saturated carbocycles. The molecule has 0 aliphatic carbocycles. The van der Waals surface area contributed by atoms with E-state index in [1.165, 1.54) is 7.11 Å². The number of amides is 2. The van der Waals surface area contributed by atoms with Crippen LogP contribution in [0.2, 0.25) is 0 Å². The Hall–Kier alpha value is -3.23. The minimum Gasteiger partial charge on any atom is -0.493 e. The van der Waals surface area contributed by atoms with Crippen LogP contribution in [0.1, 0.15) is 36.8 Å². The summed E-state index contributed by atoms with van der Waals surface area (Å²) in [6.07, 6.45) is 2.24. The first-order chi connectivity index (χ1) is 14.4. The highest BCUT2D eigenvalue weighted by molar-refractivity contribution is 5.84. The molecule has 2 amide bonds. The number of carbonyl (C=O) groups is 2. The van der Waals surface area contributed by atoms with E-state index < -0.39 is 18.1 Å². The summed E-state index contributed by atoms with van der Waals surface area (Å²) < 4.78 is 15.9. The Balaban J connectivity index is 2.02. The second-order valence-corrected chi connectivity index (χ2v) is 7.39. The number of hydrogen-bond acceptors (Lipinski definition) is 6. The van der Waals surface area contributed by atoms with Gasteiger partial charge in [-0.2, -0.15) is 0 Å². The predicted octanol–water partition coefficient (Wildman–Crippen LogP) is 2.28. The number of para-hydroxylation sites is 1. The number of imidazole rings is 1. The highest BCUT2D eigenvalue weighted by atomic mass is 16.5. The zero-order valence-corrected chi connectivity index (χ0v) is 17.9. The van der Waals surface area contributed by atoms with Crippen LogP contribution in [-0.2, 0) is 16.0 Å². The Labute approximate surface area is 175 Å². The lowest BCUT2D eigenvalue weighted by atomic mass is 9.94. The number of ether oxygens (including phenoxy) is 3. The van der Waals surface area contributed by atoms with Gasteiger partial charge in [0.25, 0.3) is 0 Å². The van der Waals surface area contributed by atoms with Gasteiger partial charge >= 0.3 is 12.0 Å². The topological polar surface area (TPSA) is 106 Å². The molecule has 9 heteroatoms. The summed E-state index contributed by atoms with van der Waals surface area (Å²) in [5.41, 5.74) is 2.45. The summed E-state index contributed by atoms with van der Waals surface area (Å²) in [7, 11) is 4.44. The second kappa shape index (κ2) is 9.06. The molecule has 1 aliphatic heterocycles. The number of nitrogens with zero attached hydrogens (tertiary/aromatic N) is 2. The normalized spacial score (nSPS) is 16.6. The lowest BCUT2D eigenvalue weighted by Gasteiger charge is -2.37. The SMILES string of the molecule is COC(=O)[C@@H](NC(=O)N1CCc2[nH]cnc2[C@H]1c1cccc(OC)c1OC)C(C)C. The molecule has 1 aliphatic rings. The molecular weight excluding hydrogens is 388 g/mol. The summed E-state index contributed by atoms with van der Waals surface area (Å²) >= 11 is 0. The number of fused-ring (bicyclic) bond motifs is 1. The van der Waals surface area contributed by atoms with Gasteiger partial charge in [0, 0.05) is 24.2 Å². The lowest BCUT2D eigenvalue weighted by Crippen LogP contribution is -2.53. The van der Waals surface area contributed by atoms with Crippen molar-refractivity contribution < 1.29 is 23.8 Å². The minimum atomic E-state index is -0.754. The molecular formula is C21H28N4O5. The summed E-state index contributed by atoms with van der Waals surface area (Å²) in [5, 5.41) is 2.83. The molecule has 162 valence electrons. The van der Waals surface area contributed by atoms with Gasteiger partial charge in [-0.25, -0.2) is 14.6 Å². The van der Waals surface area contributed by atoms with Crippen molar-refractivity contribution in [3.8, 4) is 11.5 Å². The van der Waals surface area contributed by atoms with Crippen molar-refractivity contribution in [3.63, 3.8) is 0 Å². The number of rotatable bonds is 6. The molecule has 1 aromatic heterocycles. The average molecular weight is 416 g/mol. The molecule has 2 N–H and O–H groups in total. The van der Waals surface area contributed by atoms with Crippen LogP contribution in [0.25, 0.3) is 0 Å². The third-order valence-electron chi connectivity index (χ3n) is 5.31. The van der Waals surface area contributed by atoms with Gasteiger partial charge in [0.15, 0.2) is 11.5 Å². The van der Waals surface area contributed by atoms with Gasteiger partial charge in [-0.1, -0.05) is 26.0 Å². The first-order valence-electron chi connectivity index (χ1n) is 9.80. The van der Waals surface area contributed by atoms with E-state index in [1.807, 2.05) is 26.0 Å². The molecule has 0 bridgehead atoms. The second-order valence-electron chi connectivity index (χ2n) is 7.39. The number of nitrogens with one attached hydrogen (secondary N) is 2. The number of aromatic amines is 1. The first-order valence-corrected chi connectivity index (χ1v) is 9.80. The Morgan fingerprint density at radius 1 is 1.23 bits per heavy atom. The van der Waals surface area contributed by atoms with Crippen molar-refractivity contribution in [1.82, 2.24) is 20.2 Å². The Bertz CT molecular complexity index is 911. The third-order valence-corrected chi connectivity index (χ3v) is 5.31. The zero-order chi connectivity index (χ0) is 21.8. The van der Waals surface area contributed by atoms with Gasteiger partial charge in [-0.05, 0) is 12.0 Å². The van der Waals surface area contributed by atoms with Crippen molar-refractivity contribution in [2.45, 2.75) is 32.4 Å². The molecule has 2 aromatic rings. The maximum Gasteiger partial charge on any atom is 0.328 e. The number of H-pyrrole nitrogens is 1. The standard InChI is InChI=1S/C21H28N4O5/c1-12(2)16(20(26)30-5)24-21(27)25-10-9-14-17(23-11-22-14)18(25)13-7-6-8-15(28-3)19(13)29-4/h6-8,11-12,16,18H,9-10H2,1-5H3,(H,22,23)(H,24,27)/t16-,18+/m0/s1. The molecule has 3 rings (SSSR count). The van der Waals surface area contributed by atoms with Crippen molar-refractivity contribution in [1.29, 1.82) is 0 Å². The summed E-state index contributed by atoms with van der Waals surface area (Å²) in [4.78, 5) is 34.8. The van der Waals surface area contributed by atoms with Gasteiger partial charge in [0.05, 0.1) is 33.4 Å². The summed E-state index contributed by atoms with van der Waals surface area (Å²) in [6, 6.07) is 3.90. The molecule has 0 saturated heterocycles. The molecule has 2 heterocycles. The van der Waals surface area contributed by atoms with Gasteiger partial charge in [-0.3, -0.25) is 0 Å². The lowest BCUT2D eigenvalue weighted by molar-refractivity contribution is -0.144. The van der Waals surface area contributed by atoms with E-state index in [-0.39, 0.29) is 11.9 Å². The van der Waals surface area contributed by atoms with E-state index in [1.54, 1.807) is 31.5 Å². The fourth-order valence-corrected chi connectivity index (χ4v) is 3.78. The predicted molar refractivity (Wildman–Crippen MR) is 110 cm³/mol. The van der Waals surface area contributed by atoms with Gasteiger partial charge < -0.3 is 29.4 Å². The van der Waals surface area contributed by atoms with E-state index >= 15 is 0 Å². The van der Waals surface area contributed by atoms with Crippen LogP contribution in [-0.4, -0.2) is 60.8 Å². The smallest absolute Gasteiger partial charge is 0.328 e. The van der Waals surface area contributed by atoms with E-state index in [9.17, 15) is 9.59 Å². The molecule has 9 nitrogen and oxygen atoms in total. The number of esters is 1. The maximum absolute atomic E-state index is 13.3. The van der Waals surface area contributed by atoms with Crippen molar-refractivity contribution >= 4 is 12.0 Å².